The fourth-order valence-corrected chi connectivity index (χ4v) is 1.77. The number of benzene rings is 2. The largest absolute Gasteiger partial charge is 0.478 e. The number of hydrazone groups is 1. The van der Waals surface area contributed by atoms with Crippen LogP contribution in [-0.2, 0) is 0 Å². The molecule has 2 rings (SSSR count). The van der Waals surface area contributed by atoms with Gasteiger partial charge in [-0.15, -0.1) is 0 Å². The second-order valence-corrected chi connectivity index (χ2v) is 4.44. The van der Waals surface area contributed by atoms with Crippen LogP contribution >= 0.6 is 0 Å². The minimum absolute atomic E-state index is 0.205. The van der Waals surface area contributed by atoms with Crippen LogP contribution in [0.15, 0.2) is 53.6 Å². The Kier molecular flexibility index (Phi) is 4.46. The first-order chi connectivity index (χ1) is 10.1. The molecule has 0 atom stereocenters. The number of aryl methyl sites for hydroxylation is 1. The first-order valence-corrected chi connectivity index (χ1v) is 6.30. The van der Waals surface area contributed by atoms with Crippen molar-refractivity contribution in [1.82, 2.24) is 5.43 Å². The first-order valence-electron chi connectivity index (χ1n) is 6.30. The Labute approximate surface area is 121 Å². The molecule has 2 N–H and O–H groups in total. The topological polar surface area (TPSA) is 78.8 Å². The van der Waals surface area contributed by atoms with Gasteiger partial charge in [-0.05, 0) is 36.2 Å². The monoisotopic (exact) mass is 282 g/mol. The third-order valence-electron chi connectivity index (χ3n) is 2.93. The Morgan fingerprint density at radius 1 is 1.10 bits per heavy atom. The van der Waals surface area contributed by atoms with Gasteiger partial charge in [0.25, 0.3) is 5.91 Å². The molecule has 5 nitrogen and oxygen atoms in total. The van der Waals surface area contributed by atoms with Gasteiger partial charge in [-0.3, -0.25) is 4.79 Å². The molecule has 0 heterocycles. The number of rotatable bonds is 4. The summed E-state index contributed by atoms with van der Waals surface area (Å²) in [6.45, 7) is 1.85. The van der Waals surface area contributed by atoms with E-state index in [1.807, 2.05) is 19.1 Å². The van der Waals surface area contributed by atoms with E-state index >= 15 is 0 Å². The van der Waals surface area contributed by atoms with Crippen LogP contribution in [0.25, 0.3) is 0 Å². The van der Waals surface area contributed by atoms with Gasteiger partial charge in [0.05, 0.1) is 11.8 Å². The van der Waals surface area contributed by atoms with Gasteiger partial charge in [0.15, 0.2) is 0 Å². The highest BCUT2D eigenvalue weighted by atomic mass is 16.4. The van der Waals surface area contributed by atoms with Crippen LogP contribution in [-0.4, -0.2) is 23.2 Å². The van der Waals surface area contributed by atoms with Crippen molar-refractivity contribution < 1.29 is 14.7 Å². The van der Waals surface area contributed by atoms with Crippen molar-refractivity contribution in [3.8, 4) is 0 Å². The van der Waals surface area contributed by atoms with Crippen molar-refractivity contribution in [2.75, 3.05) is 0 Å². The summed E-state index contributed by atoms with van der Waals surface area (Å²) in [6, 6.07) is 13.4. The Balaban J connectivity index is 2.01. The zero-order valence-corrected chi connectivity index (χ0v) is 11.4. The predicted molar refractivity (Wildman–Crippen MR) is 79.6 cm³/mol. The van der Waals surface area contributed by atoms with Gasteiger partial charge in [-0.25, -0.2) is 10.2 Å². The highest BCUT2D eigenvalue weighted by Crippen LogP contribution is 2.06. The normalized spacial score (nSPS) is 10.5. The number of nitrogens with one attached hydrogen (secondary N) is 1. The Morgan fingerprint density at radius 3 is 2.38 bits per heavy atom. The number of carboxylic acids is 1. The number of hydrogen-bond donors (Lipinski definition) is 2. The lowest BCUT2D eigenvalue weighted by Crippen LogP contribution is -2.18. The molecule has 0 aromatic heterocycles. The molecule has 5 heteroatoms. The van der Waals surface area contributed by atoms with Crippen LogP contribution in [0, 0.1) is 6.92 Å². The minimum Gasteiger partial charge on any atom is -0.478 e. The number of carboxylic acid groups (broad SMARTS) is 1. The number of amides is 1. The van der Waals surface area contributed by atoms with Crippen molar-refractivity contribution in [3.05, 3.63) is 70.8 Å². The molecule has 0 spiro atoms. The van der Waals surface area contributed by atoms with Crippen LogP contribution in [0.5, 0.6) is 0 Å². The van der Waals surface area contributed by atoms with E-state index in [0.29, 0.717) is 11.1 Å². The molecule has 0 aliphatic heterocycles. The second-order valence-electron chi connectivity index (χ2n) is 4.44. The second kappa shape index (κ2) is 6.47. The van der Waals surface area contributed by atoms with Crippen molar-refractivity contribution in [1.29, 1.82) is 0 Å². The predicted octanol–water partition coefficient (Wildman–Crippen LogP) is 2.46. The Morgan fingerprint density at radius 2 is 1.76 bits per heavy atom. The van der Waals surface area contributed by atoms with Crippen LogP contribution in [0.1, 0.15) is 31.8 Å². The Hall–Kier alpha value is -2.95. The maximum atomic E-state index is 11.9. The molecule has 0 aliphatic rings. The van der Waals surface area contributed by atoms with E-state index in [1.54, 1.807) is 24.3 Å². The number of nitrogens with zero attached hydrogens (tertiary/aromatic N) is 1. The van der Waals surface area contributed by atoms with Gasteiger partial charge in [-0.1, -0.05) is 30.3 Å². The Bertz CT molecular complexity index is 691. The molecule has 21 heavy (non-hydrogen) atoms. The van der Waals surface area contributed by atoms with E-state index in [9.17, 15) is 9.59 Å². The maximum Gasteiger partial charge on any atom is 0.335 e. The maximum absolute atomic E-state index is 11.9. The quantitative estimate of drug-likeness (QED) is 0.668. The third-order valence-corrected chi connectivity index (χ3v) is 2.93. The lowest BCUT2D eigenvalue weighted by atomic mass is 10.1. The summed E-state index contributed by atoms with van der Waals surface area (Å²) < 4.78 is 0. The SMILES string of the molecule is Cc1ccccc1C(=O)N/N=C\c1ccc(C(=O)O)cc1. The molecule has 0 saturated heterocycles. The van der Waals surface area contributed by atoms with Gasteiger partial charge >= 0.3 is 5.97 Å². The summed E-state index contributed by atoms with van der Waals surface area (Å²) >= 11 is 0. The highest BCUT2D eigenvalue weighted by molar-refractivity contribution is 5.96. The molecule has 2 aromatic rings. The van der Waals surface area contributed by atoms with Crippen LogP contribution < -0.4 is 5.43 Å². The minimum atomic E-state index is -0.980. The van der Waals surface area contributed by atoms with Gasteiger partial charge in [0.1, 0.15) is 0 Å². The average Bonchev–Trinajstić information content (AvgIpc) is 2.48. The number of hydrogen-bond acceptors (Lipinski definition) is 3. The van der Waals surface area contributed by atoms with Gasteiger partial charge < -0.3 is 5.11 Å². The van der Waals surface area contributed by atoms with E-state index < -0.39 is 5.97 Å². The molecule has 2 aromatic carbocycles. The van der Waals surface area contributed by atoms with Crippen molar-refractivity contribution >= 4 is 18.1 Å². The standard InChI is InChI=1S/C16H14N2O3/c1-11-4-2-3-5-14(11)15(19)18-17-10-12-6-8-13(9-7-12)16(20)21/h2-10H,1H3,(H,18,19)(H,20,21)/b17-10-. The first kappa shape index (κ1) is 14.5. The zero-order valence-electron chi connectivity index (χ0n) is 11.4. The van der Waals surface area contributed by atoms with E-state index in [4.69, 9.17) is 5.11 Å². The fraction of sp³-hybridized carbons (Fsp3) is 0.0625. The van der Waals surface area contributed by atoms with E-state index in [0.717, 1.165) is 5.56 Å². The molecule has 0 fully saturated rings. The molecular weight excluding hydrogens is 268 g/mol. The van der Waals surface area contributed by atoms with E-state index in [-0.39, 0.29) is 11.5 Å². The van der Waals surface area contributed by atoms with E-state index in [2.05, 4.69) is 10.5 Å². The van der Waals surface area contributed by atoms with Gasteiger partial charge in [0.2, 0.25) is 0 Å². The summed E-state index contributed by atoms with van der Waals surface area (Å²) in [5, 5.41) is 12.6. The number of carbonyl (C=O) groups excluding carboxylic acids is 1. The zero-order chi connectivity index (χ0) is 15.2. The summed E-state index contributed by atoms with van der Waals surface area (Å²) in [6.07, 6.45) is 1.46. The summed E-state index contributed by atoms with van der Waals surface area (Å²) in [5.74, 6) is -1.27. The van der Waals surface area contributed by atoms with Gasteiger partial charge in [0, 0.05) is 5.56 Å². The lowest BCUT2D eigenvalue weighted by Gasteiger charge is -2.03. The molecule has 1 amide bonds. The van der Waals surface area contributed by atoms with Crippen LogP contribution in [0.4, 0.5) is 0 Å². The van der Waals surface area contributed by atoms with Crippen molar-refractivity contribution in [2.24, 2.45) is 5.10 Å². The molecule has 0 radical (unpaired) electrons. The molecule has 0 aliphatic carbocycles. The summed E-state index contributed by atoms with van der Waals surface area (Å²) in [5.41, 5.74) is 4.78. The molecule has 0 unspecified atom stereocenters. The van der Waals surface area contributed by atoms with Crippen LogP contribution in [0.2, 0.25) is 0 Å². The third kappa shape index (κ3) is 3.76. The summed E-state index contributed by atoms with van der Waals surface area (Å²) in [7, 11) is 0. The van der Waals surface area contributed by atoms with Gasteiger partial charge in [-0.2, -0.15) is 5.10 Å². The molecular formula is C16H14N2O3. The molecule has 0 bridgehead atoms. The van der Waals surface area contributed by atoms with Crippen molar-refractivity contribution in [2.45, 2.75) is 6.92 Å². The number of carbonyl (C=O) groups is 2. The van der Waals surface area contributed by atoms with Crippen LogP contribution in [0.3, 0.4) is 0 Å². The highest BCUT2D eigenvalue weighted by Gasteiger charge is 2.06. The average molecular weight is 282 g/mol. The number of aromatic carboxylic acids is 1. The van der Waals surface area contributed by atoms with Crippen molar-refractivity contribution in [3.63, 3.8) is 0 Å². The molecule has 106 valence electrons. The fourth-order valence-electron chi connectivity index (χ4n) is 1.77. The molecule has 0 saturated carbocycles. The van der Waals surface area contributed by atoms with E-state index in [1.165, 1.54) is 18.3 Å². The summed E-state index contributed by atoms with van der Waals surface area (Å²) in [4.78, 5) is 22.6. The lowest BCUT2D eigenvalue weighted by molar-refractivity contribution is 0.0696. The smallest absolute Gasteiger partial charge is 0.335 e.